The Morgan fingerprint density at radius 1 is 1.35 bits per heavy atom. The van der Waals surface area contributed by atoms with Crippen molar-refractivity contribution in [1.29, 1.82) is 0 Å². The van der Waals surface area contributed by atoms with E-state index in [0.29, 0.717) is 47.0 Å². The minimum absolute atomic E-state index is 0.241. The van der Waals surface area contributed by atoms with Crippen molar-refractivity contribution in [2.24, 2.45) is 4.99 Å². The Hall–Kier alpha value is -1.73. The van der Waals surface area contributed by atoms with E-state index in [1.807, 2.05) is 12.2 Å². The van der Waals surface area contributed by atoms with Crippen molar-refractivity contribution in [2.75, 3.05) is 31.6 Å². The molecule has 23 heavy (non-hydrogen) atoms. The third-order valence-corrected chi connectivity index (χ3v) is 3.94. The topological polar surface area (TPSA) is 60.3 Å². The molecular formula is C15H16Cl2N4O2. The second-order valence-corrected chi connectivity index (χ2v) is 5.84. The van der Waals surface area contributed by atoms with Crippen molar-refractivity contribution in [3.05, 3.63) is 52.2 Å². The van der Waals surface area contributed by atoms with Crippen LogP contribution in [0.1, 0.15) is 0 Å². The first-order chi connectivity index (χ1) is 11.1. The Bertz CT molecular complexity index is 675. The number of guanidine groups is 1. The summed E-state index contributed by atoms with van der Waals surface area (Å²) in [5.74, 6) is 0.561. The Labute approximate surface area is 144 Å². The summed E-state index contributed by atoms with van der Waals surface area (Å²) in [6.45, 7) is 1.93. The average molecular weight is 355 g/mol. The molecule has 0 aliphatic carbocycles. The molecule has 0 radical (unpaired) electrons. The van der Waals surface area contributed by atoms with Gasteiger partial charge >= 0.3 is 0 Å². The summed E-state index contributed by atoms with van der Waals surface area (Å²) in [5.41, 5.74) is 1.34. The van der Waals surface area contributed by atoms with Gasteiger partial charge in [0.15, 0.2) is 0 Å². The molecular weight excluding hydrogens is 339 g/mol. The highest BCUT2D eigenvalue weighted by atomic mass is 35.5. The van der Waals surface area contributed by atoms with Crippen LogP contribution in [0, 0.1) is 0 Å². The SMILES string of the molecule is ON1CC=CC=C1CON1CCN=C1Nc1cc(Cl)ccc1Cl. The van der Waals surface area contributed by atoms with Gasteiger partial charge < -0.3 is 5.32 Å². The molecule has 0 atom stereocenters. The third-order valence-electron chi connectivity index (χ3n) is 3.38. The van der Waals surface area contributed by atoms with Gasteiger partial charge in [-0.1, -0.05) is 35.4 Å². The Morgan fingerprint density at radius 2 is 2.22 bits per heavy atom. The molecule has 0 spiro atoms. The molecule has 2 aliphatic heterocycles. The fraction of sp³-hybridized carbons (Fsp3) is 0.267. The number of halogens is 2. The van der Waals surface area contributed by atoms with Gasteiger partial charge in [0.25, 0.3) is 0 Å². The molecule has 0 fully saturated rings. The van der Waals surface area contributed by atoms with Gasteiger partial charge in [0.2, 0.25) is 5.96 Å². The normalized spacial score (nSPS) is 17.3. The maximum atomic E-state index is 9.75. The molecule has 0 saturated heterocycles. The fourth-order valence-electron chi connectivity index (χ4n) is 2.18. The molecule has 2 aliphatic rings. The van der Waals surface area contributed by atoms with E-state index in [1.165, 1.54) is 0 Å². The van der Waals surface area contributed by atoms with Gasteiger partial charge in [-0.05, 0) is 24.3 Å². The number of hydrogen-bond donors (Lipinski definition) is 2. The van der Waals surface area contributed by atoms with Gasteiger partial charge in [-0.25, -0.2) is 10.1 Å². The number of hydroxylamine groups is 4. The summed E-state index contributed by atoms with van der Waals surface area (Å²) in [5, 5.41) is 16.8. The molecule has 0 amide bonds. The monoisotopic (exact) mass is 354 g/mol. The summed E-state index contributed by atoms with van der Waals surface area (Å²) in [4.78, 5) is 10.1. The number of rotatable bonds is 4. The summed E-state index contributed by atoms with van der Waals surface area (Å²) in [7, 11) is 0. The number of anilines is 1. The quantitative estimate of drug-likeness (QED) is 0.869. The van der Waals surface area contributed by atoms with Crippen molar-refractivity contribution in [3.8, 4) is 0 Å². The Morgan fingerprint density at radius 3 is 3.04 bits per heavy atom. The van der Waals surface area contributed by atoms with E-state index in [2.05, 4.69) is 10.3 Å². The number of allylic oxidation sites excluding steroid dienone is 2. The van der Waals surface area contributed by atoms with Crippen LogP contribution in [0.5, 0.6) is 0 Å². The second-order valence-electron chi connectivity index (χ2n) is 5.00. The zero-order valence-electron chi connectivity index (χ0n) is 12.2. The van der Waals surface area contributed by atoms with Gasteiger partial charge in [-0.3, -0.25) is 15.1 Å². The van der Waals surface area contributed by atoms with Crippen LogP contribution in [-0.2, 0) is 4.84 Å². The number of aliphatic imine (C=N–C) groups is 1. The summed E-state index contributed by atoms with van der Waals surface area (Å²) in [6.07, 6.45) is 5.54. The summed E-state index contributed by atoms with van der Waals surface area (Å²) in [6, 6.07) is 5.17. The van der Waals surface area contributed by atoms with Gasteiger partial charge in [0.05, 0.1) is 36.0 Å². The van der Waals surface area contributed by atoms with E-state index in [9.17, 15) is 5.21 Å². The van der Waals surface area contributed by atoms with Crippen LogP contribution in [-0.4, -0.2) is 47.5 Å². The van der Waals surface area contributed by atoms with Crippen molar-refractivity contribution >= 4 is 34.8 Å². The molecule has 0 saturated carbocycles. The minimum Gasteiger partial charge on any atom is -0.323 e. The van der Waals surface area contributed by atoms with Crippen molar-refractivity contribution in [2.45, 2.75) is 0 Å². The lowest BCUT2D eigenvalue weighted by Gasteiger charge is -2.25. The standard InChI is InChI=1S/C15H16Cl2N4O2/c16-11-4-5-13(17)14(9-11)19-15-18-6-8-21(15)23-10-12-3-1-2-7-20(12)22/h1-5,9,22H,6-8,10H2,(H,18,19). The molecule has 0 unspecified atom stereocenters. The molecule has 6 nitrogen and oxygen atoms in total. The first kappa shape index (κ1) is 16.1. The second kappa shape index (κ2) is 7.23. The molecule has 122 valence electrons. The van der Waals surface area contributed by atoms with Crippen LogP contribution in [0.3, 0.4) is 0 Å². The molecule has 8 heteroatoms. The maximum Gasteiger partial charge on any atom is 0.223 e. The van der Waals surface area contributed by atoms with Gasteiger partial charge in [-0.2, -0.15) is 0 Å². The minimum atomic E-state index is 0.241. The van der Waals surface area contributed by atoms with Crippen LogP contribution in [0.2, 0.25) is 10.0 Å². The van der Waals surface area contributed by atoms with Gasteiger partial charge in [0.1, 0.15) is 6.61 Å². The van der Waals surface area contributed by atoms with E-state index in [-0.39, 0.29) is 6.61 Å². The highest BCUT2D eigenvalue weighted by molar-refractivity contribution is 6.35. The molecule has 0 aromatic heterocycles. The lowest BCUT2D eigenvalue weighted by Crippen LogP contribution is -2.35. The molecule has 2 N–H and O–H groups in total. The van der Waals surface area contributed by atoms with Crippen LogP contribution in [0.15, 0.2) is 47.1 Å². The van der Waals surface area contributed by atoms with E-state index in [0.717, 1.165) is 5.06 Å². The highest BCUT2D eigenvalue weighted by Gasteiger charge is 2.20. The van der Waals surface area contributed by atoms with Gasteiger partial charge in [0, 0.05) is 5.02 Å². The van der Waals surface area contributed by atoms with Crippen LogP contribution in [0.4, 0.5) is 5.69 Å². The molecule has 3 rings (SSSR count). The van der Waals surface area contributed by atoms with Crippen LogP contribution in [0.25, 0.3) is 0 Å². The fourth-order valence-corrected chi connectivity index (χ4v) is 2.52. The first-order valence-electron chi connectivity index (χ1n) is 7.12. The number of nitrogens with zero attached hydrogens (tertiary/aromatic N) is 3. The summed E-state index contributed by atoms with van der Waals surface area (Å²) < 4.78 is 0. The summed E-state index contributed by atoms with van der Waals surface area (Å²) >= 11 is 12.1. The van der Waals surface area contributed by atoms with Crippen LogP contribution < -0.4 is 5.32 Å². The molecule has 2 heterocycles. The van der Waals surface area contributed by atoms with Crippen molar-refractivity contribution in [3.63, 3.8) is 0 Å². The van der Waals surface area contributed by atoms with E-state index in [1.54, 1.807) is 29.3 Å². The predicted molar refractivity (Wildman–Crippen MR) is 90.8 cm³/mol. The average Bonchev–Trinajstić information content (AvgIpc) is 2.97. The van der Waals surface area contributed by atoms with E-state index < -0.39 is 0 Å². The zero-order chi connectivity index (χ0) is 16.2. The highest BCUT2D eigenvalue weighted by Crippen LogP contribution is 2.26. The molecule has 1 aromatic rings. The smallest absolute Gasteiger partial charge is 0.223 e. The molecule has 0 bridgehead atoms. The first-order valence-corrected chi connectivity index (χ1v) is 7.88. The number of hydrogen-bond acceptors (Lipinski definition) is 6. The number of nitrogens with one attached hydrogen (secondary N) is 1. The maximum absolute atomic E-state index is 9.75. The molecule has 1 aromatic carbocycles. The Kier molecular flexibility index (Phi) is 5.07. The number of benzene rings is 1. The lowest BCUT2D eigenvalue weighted by atomic mass is 10.3. The van der Waals surface area contributed by atoms with Crippen LogP contribution >= 0.6 is 23.2 Å². The van der Waals surface area contributed by atoms with Crippen molar-refractivity contribution < 1.29 is 10.0 Å². The zero-order valence-corrected chi connectivity index (χ0v) is 13.8. The van der Waals surface area contributed by atoms with Crippen molar-refractivity contribution in [1.82, 2.24) is 10.1 Å². The van der Waals surface area contributed by atoms with E-state index in [4.69, 9.17) is 28.0 Å². The largest absolute Gasteiger partial charge is 0.323 e. The predicted octanol–water partition coefficient (Wildman–Crippen LogP) is 3.15. The van der Waals surface area contributed by atoms with E-state index >= 15 is 0 Å². The van der Waals surface area contributed by atoms with Gasteiger partial charge in [-0.15, -0.1) is 0 Å². The third kappa shape index (κ3) is 3.97. The Balaban J connectivity index is 1.63. The lowest BCUT2D eigenvalue weighted by molar-refractivity contribution is -0.114.